The van der Waals surface area contributed by atoms with Crippen LogP contribution in [0.2, 0.25) is 0 Å². The van der Waals surface area contributed by atoms with E-state index in [0.717, 1.165) is 10.2 Å². The fraction of sp³-hybridized carbons (Fsp3) is 0.0833. The summed E-state index contributed by atoms with van der Waals surface area (Å²) in [5, 5.41) is 2.82. The molecule has 7 heteroatoms. The van der Waals surface area contributed by atoms with Gasteiger partial charge in [0, 0.05) is 12.3 Å². The molecule has 0 atom stereocenters. The van der Waals surface area contributed by atoms with Gasteiger partial charge < -0.3 is 9.99 Å². The highest BCUT2D eigenvalue weighted by atomic mass is 32.1. The van der Waals surface area contributed by atoms with Gasteiger partial charge in [-0.3, -0.25) is 4.79 Å². The molecule has 0 radical (unpaired) electrons. The quantitative estimate of drug-likeness (QED) is 0.553. The maximum atomic E-state index is 11.7. The number of hydrazine groups is 1. The van der Waals surface area contributed by atoms with E-state index in [-0.39, 0.29) is 5.56 Å². The van der Waals surface area contributed by atoms with Gasteiger partial charge in [-0.1, -0.05) is 6.07 Å². The Hall–Kier alpha value is -2.25. The van der Waals surface area contributed by atoms with Gasteiger partial charge in [-0.25, -0.2) is 15.8 Å². The standard InChI is InChI=1S/C12H11N5OS/c13-16-11-8-4-6-19-12(8)15-9(14-11)7-17-5-2-1-3-10(17)18/h1-6H,7,13H2,(H,14,15,16). The van der Waals surface area contributed by atoms with Gasteiger partial charge in [0.1, 0.15) is 4.83 Å². The summed E-state index contributed by atoms with van der Waals surface area (Å²) in [4.78, 5) is 21.3. The number of nitrogens with two attached hydrogens (primary N) is 1. The molecule has 0 saturated heterocycles. The number of aromatic nitrogens is 3. The molecule has 6 nitrogen and oxygen atoms in total. The monoisotopic (exact) mass is 273 g/mol. The first kappa shape index (κ1) is 11.8. The van der Waals surface area contributed by atoms with Crippen molar-refractivity contribution in [2.75, 3.05) is 5.43 Å². The van der Waals surface area contributed by atoms with Crippen LogP contribution in [0.1, 0.15) is 5.82 Å². The number of nitrogens with zero attached hydrogens (tertiary/aromatic N) is 3. The summed E-state index contributed by atoms with van der Waals surface area (Å²) in [6.45, 7) is 0.322. The minimum absolute atomic E-state index is 0.0837. The first-order valence-corrected chi connectivity index (χ1v) is 6.52. The lowest BCUT2D eigenvalue weighted by molar-refractivity contribution is 0.720. The molecule has 0 aromatic carbocycles. The van der Waals surface area contributed by atoms with Crippen molar-refractivity contribution in [3.05, 3.63) is 52.0 Å². The van der Waals surface area contributed by atoms with Crippen LogP contribution in [0.3, 0.4) is 0 Å². The number of nitrogen functional groups attached to an aromatic ring is 1. The number of anilines is 1. The molecule has 0 spiro atoms. The number of fused-ring (bicyclic) bond motifs is 1. The van der Waals surface area contributed by atoms with Crippen LogP contribution < -0.4 is 16.8 Å². The molecule has 0 saturated carbocycles. The van der Waals surface area contributed by atoms with Crippen LogP contribution in [0.4, 0.5) is 5.82 Å². The van der Waals surface area contributed by atoms with E-state index < -0.39 is 0 Å². The van der Waals surface area contributed by atoms with Gasteiger partial charge in [0.05, 0.1) is 11.9 Å². The average molecular weight is 273 g/mol. The van der Waals surface area contributed by atoms with Crippen molar-refractivity contribution in [1.29, 1.82) is 0 Å². The smallest absolute Gasteiger partial charge is 0.250 e. The van der Waals surface area contributed by atoms with E-state index in [0.29, 0.717) is 18.2 Å². The predicted molar refractivity (Wildman–Crippen MR) is 75.0 cm³/mol. The Morgan fingerprint density at radius 2 is 2.21 bits per heavy atom. The SMILES string of the molecule is NNc1nc(Cn2ccccc2=O)nc2sccc12. The highest BCUT2D eigenvalue weighted by Crippen LogP contribution is 2.24. The summed E-state index contributed by atoms with van der Waals surface area (Å²) in [5.74, 6) is 6.59. The van der Waals surface area contributed by atoms with Gasteiger partial charge in [0.15, 0.2) is 11.6 Å². The van der Waals surface area contributed by atoms with Crippen molar-refractivity contribution in [1.82, 2.24) is 14.5 Å². The fourth-order valence-electron chi connectivity index (χ4n) is 1.82. The normalized spacial score (nSPS) is 10.8. The Morgan fingerprint density at radius 3 is 3.00 bits per heavy atom. The number of hydrogen-bond donors (Lipinski definition) is 2. The highest BCUT2D eigenvalue weighted by molar-refractivity contribution is 7.16. The second-order valence-electron chi connectivity index (χ2n) is 3.94. The third-order valence-electron chi connectivity index (χ3n) is 2.72. The van der Waals surface area contributed by atoms with Crippen LogP contribution in [0.25, 0.3) is 10.2 Å². The lowest BCUT2D eigenvalue weighted by atomic mass is 10.3. The first-order chi connectivity index (χ1) is 9.28. The van der Waals surface area contributed by atoms with Crippen LogP contribution in [0.15, 0.2) is 40.6 Å². The van der Waals surface area contributed by atoms with Crippen molar-refractivity contribution in [3.63, 3.8) is 0 Å². The molecule has 0 bridgehead atoms. The van der Waals surface area contributed by atoms with Crippen molar-refractivity contribution in [2.24, 2.45) is 5.84 Å². The second kappa shape index (κ2) is 4.79. The van der Waals surface area contributed by atoms with Gasteiger partial charge in [0.2, 0.25) is 0 Å². The van der Waals surface area contributed by atoms with Crippen molar-refractivity contribution in [2.45, 2.75) is 6.54 Å². The maximum Gasteiger partial charge on any atom is 0.250 e. The Morgan fingerprint density at radius 1 is 1.32 bits per heavy atom. The lowest BCUT2D eigenvalue weighted by Gasteiger charge is -2.06. The first-order valence-electron chi connectivity index (χ1n) is 5.64. The molecule has 3 rings (SSSR count). The zero-order valence-electron chi connectivity index (χ0n) is 9.91. The summed E-state index contributed by atoms with van der Waals surface area (Å²) in [6.07, 6.45) is 1.71. The molecule has 3 N–H and O–H groups in total. The zero-order valence-corrected chi connectivity index (χ0v) is 10.7. The maximum absolute atomic E-state index is 11.7. The van der Waals surface area contributed by atoms with E-state index in [1.807, 2.05) is 11.4 Å². The summed E-state index contributed by atoms with van der Waals surface area (Å²) in [5.41, 5.74) is 2.48. The summed E-state index contributed by atoms with van der Waals surface area (Å²) in [7, 11) is 0. The number of nitrogens with one attached hydrogen (secondary N) is 1. The van der Waals surface area contributed by atoms with Crippen molar-refractivity contribution < 1.29 is 0 Å². The van der Waals surface area contributed by atoms with E-state index in [4.69, 9.17) is 5.84 Å². The van der Waals surface area contributed by atoms with E-state index in [1.54, 1.807) is 22.9 Å². The Labute approximate surface area is 112 Å². The van der Waals surface area contributed by atoms with Crippen LogP contribution in [0.5, 0.6) is 0 Å². The molecule has 0 amide bonds. The largest absolute Gasteiger partial charge is 0.308 e. The molecule has 0 aliphatic carbocycles. The molecular formula is C12H11N5OS. The molecule has 96 valence electrons. The topological polar surface area (TPSA) is 85.8 Å². The van der Waals surface area contributed by atoms with Crippen LogP contribution in [-0.2, 0) is 6.54 Å². The van der Waals surface area contributed by atoms with E-state index in [2.05, 4.69) is 15.4 Å². The molecular weight excluding hydrogens is 262 g/mol. The van der Waals surface area contributed by atoms with Crippen molar-refractivity contribution >= 4 is 27.4 Å². The molecule has 0 fully saturated rings. The fourth-order valence-corrected chi connectivity index (χ4v) is 2.61. The number of hydrogen-bond acceptors (Lipinski definition) is 6. The number of thiophene rings is 1. The molecule has 3 heterocycles. The van der Waals surface area contributed by atoms with Gasteiger partial charge in [-0.2, -0.15) is 0 Å². The third-order valence-corrected chi connectivity index (χ3v) is 3.53. The van der Waals surface area contributed by atoms with Crippen LogP contribution in [-0.4, -0.2) is 14.5 Å². The molecule has 19 heavy (non-hydrogen) atoms. The third kappa shape index (κ3) is 2.20. The lowest BCUT2D eigenvalue weighted by Crippen LogP contribution is -2.20. The summed E-state index contributed by atoms with van der Waals surface area (Å²) >= 11 is 1.51. The minimum atomic E-state index is -0.0837. The van der Waals surface area contributed by atoms with Crippen LogP contribution in [0, 0.1) is 0 Å². The van der Waals surface area contributed by atoms with E-state index in [1.165, 1.54) is 17.4 Å². The minimum Gasteiger partial charge on any atom is -0.308 e. The second-order valence-corrected chi connectivity index (χ2v) is 4.83. The summed E-state index contributed by atoms with van der Waals surface area (Å²) in [6, 6.07) is 6.92. The molecule has 0 unspecified atom stereocenters. The summed E-state index contributed by atoms with van der Waals surface area (Å²) < 4.78 is 1.55. The Bertz CT molecular complexity index is 779. The average Bonchev–Trinajstić information content (AvgIpc) is 2.89. The van der Waals surface area contributed by atoms with E-state index >= 15 is 0 Å². The Kier molecular flexibility index (Phi) is 2.98. The Balaban J connectivity index is 2.06. The van der Waals surface area contributed by atoms with Gasteiger partial charge in [-0.05, 0) is 17.5 Å². The molecule has 3 aromatic heterocycles. The predicted octanol–water partition coefficient (Wildman–Crippen LogP) is 1.19. The molecule has 3 aromatic rings. The van der Waals surface area contributed by atoms with Gasteiger partial charge in [0.25, 0.3) is 5.56 Å². The number of rotatable bonds is 3. The van der Waals surface area contributed by atoms with E-state index in [9.17, 15) is 4.79 Å². The van der Waals surface area contributed by atoms with Crippen LogP contribution >= 0.6 is 11.3 Å². The van der Waals surface area contributed by atoms with Crippen molar-refractivity contribution in [3.8, 4) is 0 Å². The van der Waals surface area contributed by atoms with Gasteiger partial charge >= 0.3 is 0 Å². The molecule has 0 aliphatic rings. The molecule has 0 aliphatic heterocycles. The number of pyridine rings is 1. The van der Waals surface area contributed by atoms with Gasteiger partial charge in [-0.15, -0.1) is 11.3 Å². The zero-order chi connectivity index (χ0) is 13.2. The highest BCUT2D eigenvalue weighted by Gasteiger charge is 2.08.